The van der Waals surface area contributed by atoms with E-state index in [1.807, 2.05) is 11.3 Å². The molecule has 2 nitrogen and oxygen atoms in total. The van der Waals surface area contributed by atoms with Gasteiger partial charge in [0.05, 0.1) is 3.79 Å². The topological polar surface area (TPSA) is 15.3 Å². The predicted octanol–water partition coefficient (Wildman–Crippen LogP) is 2.94. The highest BCUT2D eigenvalue weighted by atomic mass is 79.9. The molecule has 0 bridgehead atoms. The molecule has 2 heterocycles. The predicted molar refractivity (Wildman–Crippen MR) is 73.9 cm³/mol. The van der Waals surface area contributed by atoms with E-state index in [4.69, 9.17) is 0 Å². The van der Waals surface area contributed by atoms with Crippen molar-refractivity contribution in [3.8, 4) is 0 Å². The van der Waals surface area contributed by atoms with Crippen LogP contribution in [0.4, 0.5) is 0 Å². The molecular formula is C12H19BrN2S. The van der Waals surface area contributed by atoms with Gasteiger partial charge in [-0.3, -0.25) is 0 Å². The fraction of sp³-hybridized carbons (Fsp3) is 0.667. The molecule has 1 unspecified atom stereocenters. The summed E-state index contributed by atoms with van der Waals surface area (Å²) in [5.74, 6) is 0.835. The molecule has 0 aromatic carbocycles. The van der Waals surface area contributed by atoms with E-state index in [0.717, 1.165) is 12.5 Å². The molecule has 0 saturated carbocycles. The van der Waals surface area contributed by atoms with E-state index in [1.54, 1.807) is 0 Å². The Labute approximate surface area is 110 Å². The summed E-state index contributed by atoms with van der Waals surface area (Å²) in [4.78, 5) is 3.88. The Morgan fingerprint density at radius 3 is 3.06 bits per heavy atom. The first-order valence-corrected chi connectivity index (χ1v) is 7.48. The van der Waals surface area contributed by atoms with Gasteiger partial charge < -0.3 is 10.2 Å². The van der Waals surface area contributed by atoms with Crippen molar-refractivity contribution < 1.29 is 0 Å². The number of halogens is 1. The second-order valence-electron chi connectivity index (χ2n) is 4.61. The quantitative estimate of drug-likeness (QED) is 0.920. The van der Waals surface area contributed by atoms with E-state index in [-0.39, 0.29) is 0 Å². The van der Waals surface area contributed by atoms with E-state index in [2.05, 4.69) is 45.3 Å². The summed E-state index contributed by atoms with van der Waals surface area (Å²) in [5, 5.41) is 3.48. The van der Waals surface area contributed by atoms with Gasteiger partial charge in [0.25, 0.3) is 0 Å². The monoisotopic (exact) mass is 302 g/mol. The van der Waals surface area contributed by atoms with Crippen molar-refractivity contribution in [3.63, 3.8) is 0 Å². The molecule has 1 aliphatic heterocycles. The highest BCUT2D eigenvalue weighted by Crippen LogP contribution is 2.23. The van der Waals surface area contributed by atoms with Gasteiger partial charge >= 0.3 is 0 Å². The van der Waals surface area contributed by atoms with E-state index in [0.29, 0.717) is 0 Å². The van der Waals surface area contributed by atoms with Crippen molar-refractivity contribution in [2.45, 2.75) is 19.4 Å². The zero-order valence-corrected chi connectivity index (χ0v) is 12.1. The Kier molecular flexibility index (Phi) is 4.82. The van der Waals surface area contributed by atoms with Gasteiger partial charge in [-0.1, -0.05) is 0 Å². The molecule has 1 saturated heterocycles. The molecule has 1 aromatic heterocycles. The summed E-state index contributed by atoms with van der Waals surface area (Å²) in [6.07, 6.45) is 2.72. The van der Waals surface area contributed by atoms with Gasteiger partial charge in [0, 0.05) is 18.0 Å². The highest BCUT2D eigenvalue weighted by molar-refractivity contribution is 9.11. The molecule has 0 aliphatic carbocycles. The molecule has 1 fully saturated rings. The Balaban J connectivity index is 1.77. The van der Waals surface area contributed by atoms with Gasteiger partial charge in [-0.25, -0.2) is 0 Å². The van der Waals surface area contributed by atoms with Crippen LogP contribution < -0.4 is 5.32 Å². The first kappa shape index (κ1) is 12.6. The molecule has 90 valence electrons. The van der Waals surface area contributed by atoms with Crippen molar-refractivity contribution in [1.29, 1.82) is 0 Å². The fourth-order valence-electron chi connectivity index (χ4n) is 2.29. The zero-order chi connectivity index (χ0) is 11.4. The average Bonchev–Trinajstić information content (AvgIpc) is 2.65. The number of hydrogen-bond acceptors (Lipinski definition) is 3. The average molecular weight is 303 g/mol. The van der Waals surface area contributed by atoms with Crippen molar-refractivity contribution in [2.24, 2.45) is 5.92 Å². The lowest BCUT2D eigenvalue weighted by Gasteiger charge is -2.27. The summed E-state index contributed by atoms with van der Waals surface area (Å²) in [6, 6.07) is 4.35. The van der Waals surface area contributed by atoms with E-state index >= 15 is 0 Å². The van der Waals surface area contributed by atoms with E-state index in [9.17, 15) is 0 Å². The molecule has 0 radical (unpaired) electrons. The Morgan fingerprint density at radius 2 is 2.44 bits per heavy atom. The summed E-state index contributed by atoms with van der Waals surface area (Å²) in [7, 11) is 2.22. The van der Waals surface area contributed by atoms with Crippen LogP contribution in [0.15, 0.2) is 15.9 Å². The summed E-state index contributed by atoms with van der Waals surface area (Å²) < 4.78 is 1.23. The van der Waals surface area contributed by atoms with E-state index in [1.165, 1.54) is 41.1 Å². The smallest absolute Gasteiger partial charge is 0.0701 e. The molecule has 1 aliphatic rings. The summed E-state index contributed by atoms with van der Waals surface area (Å²) in [5.41, 5.74) is 0. The third-order valence-electron chi connectivity index (χ3n) is 3.02. The van der Waals surface area contributed by atoms with Crippen molar-refractivity contribution in [1.82, 2.24) is 10.2 Å². The number of piperidine rings is 1. The maximum atomic E-state index is 3.51. The van der Waals surface area contributed by atoms with Crippen LogP contribution in [0.3, 0.4) is 0 Å². The number of rotatable bonds is 4. The molecule has 4 heteroatoms. The second kappa shape index (κ2) is 6.15. The van der Waals surface area contributed by atoms with Gasteiger partial charge in [0.1, 0.15) is 0 Å². The molecule has 2 rings (SSSR count). The first-order chi connectivity index (χ1) is 7.74. The van der Waals surface area contributed by atoms with Crippen molar-refractivity contribution >= 4 is 27.3 Å². The number of hydrogen-bond donors (Lipinski definition) is 1. The van der Waals surface area contributed by atoms with Crippen LogP contribution in [0.5, 0.6) is 0 Å². The fourth-order valence-corrected chi connectivity index (χ4v) is 3.85. The van der Waals surface area contributed by atoms with Crippen LogP contribution in [0.2, 0.25) is 0 Å². The molecule has 1 N–H and O–H groups in total. The minimum absolute atomic E-state index is 0.835. The van der Waals surface area contributed by atoms with Crippen LogP contribution in [0.1, 0.15) is 17.7 Å². The lowest BCUT2D eigenvalue weighted by atomic mass is 9.99. The number of nitrogens with zero attached hydrogens (tertiary/aromatic N) is 1. The van der Waals surface area contributed by atoms with Crippen LogP contribution in [-0.4, -0.2) is 31.6 Å². The molecule has 0 amide bonds. The van der Waals surface area contributed by atoms with Gasteiger partial charge in [-0.15, -0.1) is 11.3 Å². The lowest BCUT2D eigenvalue weighted by Crippen LogP contribution is -2.36. The zero-order valence-electron chi connectivity index (χ0n) is 9.71. The SMILES string of the molecule is CN(Cc1ccc(Br)s1)CC1CCCNC1. The molecule has 1 atom stereocenters. The molecular weight excluding hydrogens is 284 g/mol. The van der Waals surface area contributed by atoms with E-state index < -0.39 is 0 Å². The van der Waals surface area contributed by atoms with Crippen LogP contribution in [-0.2, 0) is 6.54 Å². The molecule has 16 heavy (non-hydrogen) atoms. The van der Waals surface area contributed by atoms with Gasteiger partial charge in [0.2, 0.25) is 0 Å². The van der Waals surface area contributed by atoms with Crippen molar-refractivity contribution in [3.05, 3.63) is 20.8 Å². The number of thiophene rings is 1. The molecule has 0 spiro atoms. The Hall–Kier alpha value is 0.1000. The van der Waals surface area contributed by atoms with Crippen LogP contribution in [0, 0.1) is 5.92 Å². The maximum Gasteiger partial charge on any atom is 0.0701 e. The third-order valence-corrected chi connectivity index (χ3v) is 4.63. The minimum atomic E-state index is 0.835. The Morgan fingerprint density at radius 1 is 1.56 bits per heavy atom. The van der Waals surface area contributed by atoms with Crippen LogP contribution >= 0.6 is 27.3 Å². The first-order valence-electron chi connectivity index (χ1n) is 5.87. The number of nitrogens with one attached hydrogen (secondary N) is 1. The highest BCUT2D eigenvalue weighted by Gasteiger charge is 2.15. The minimum Gasteiger partial charge on any atom is -0.316 e. The normalized spacial score (nSPS) is 21.6. The van der Waals surface area contributed by atoms with Crippen molar-refractivity contribution in [2.75, 3.05) is 26.7 Å². The standard InChI is InChI=1S/C12H19BrN2S/c1-15(8-10-3-2-6-14-7-10)9-11-4-5-12(13)16-11/h4-5,10,14H,2-3,6-9H2,1H3. The van der Waals surface area contributed by atoms with Gasteiger partial charge in [-0.2, -0.15) is 0 Å². The molecule has 1 aromatic rings. The third kappa shape index (κ3) is 3.84. The van der Waals surface area contributed by atoms with Gasteiger partial charge in [0.15, 0.2) is 0 Å². The maximum absolute atomic E-state index is 3.51. The Bertz CT molecular complexity index is 321. The summed E-state index contributed by atoms with van der Waals surface area (Å²) in [6.45, 7) is 4.69. The second-order valence-corrected chi connectivity index (χ2v) is 7.16. The largest absolute Gasteiger partial charge is 0.316 e. The van der Waals surface area contributed by atoms with Crippen LogP contribution in [0.25, 0.3) is 0 Å². The summed E-state index contributed by atoms with van der Waals surface area (Å²) >= 11 is 5.35. The van der Waals surface area contributed by atoms with Gasteiger partial charge in [-0.05, 0) is 67.0 Å². The lowest BCUT2D eigenvalue weighted by molar-refractivity contribution is 0.239.